The van der Waals surface area contributed by atoms with Crippen LogP contribution in [0.1, 0.15) is 82.4 Å². The average molecular weight is 2080 g/mol. The Morgan fingerprint density at radius 2 is 0.800 bits per heavy atom. The van der Waals surface area contributed by atoms with Crippen LogP contribution in [-0.4, -0.2) is 193 Å². The number of nitrogens with one attached hydrogen (secondary N) is 9. The van der Waals surface area contributed by atoms with Crippen LogP contribution in [-0.2, 0) is 71.7 Å². The number of pyridine rings is 4. The van der Waals surface area contributed by atoms with Gasteiger partial charge in [0.25, 0.3) is 28.1 Å². The lowest BCUT2D eigenvalue weighted by molar-refractivity contribution is 0.0239. The number of carbonyl (C=O) groups is 1. The van der Waals surface area contributed by atoms with Crippen LogP contribution in [0.4, 0.5) is 31.5 Å². The van der Waals surface area contributed by atoms with E-state index in [4.69, 9.17) is 33.2 Å². The van der Waals surface area contributed by atoms with Gasteiger partial charge in [-0.2, -0.15) is 0 Å². The first-order valence-corrected chi connectivity index (χ1v) is 55.0. The van der Waals surface area contributed by atoms with Crippen LogP contribution in [0.2, 0.25) is 0 Å². The van der Waals surface area contributed by atoms with Gasteiger partial charge in [0.1, 0.15) is 57.3 Å². The molecule has 145 heavy (non-hydrogen) atoms. The highest BCUT2D eigenvalue weighted by atomic mass is 32.2. The van der Waals surface area contributed by atoms with Gasteiger partial charge >= 0.3 is 0 Å². The molecule has 16 aromatic rings. The summed E-state index contributed by atoms with van der Waals surface area (Å²) in [5, 5.41) is 2.88. The standard InChI is InChI=1S/C21H26N2O5S.C20H16F2N4O4S.C20H18N4O4S.C19H22N4O5S.C18H20N4O4S/c1-14-11-18(23-8-7-22-21(24)20(14)23)17-12-15(13-29(2,25)26)3-4-19(17)28-16-5-9-27-10-6-16;1-11-7-16(26-6-5-23-19(27)18(11)26)14-9-13(25-31(2,28)29)10-24-20(14)30-17-4-3-12(21)8-15(17)22;1-13-10-17(24-9-8-21-19(25)18(13)24)16-11-14(23-29(2,26)27)12-22-20(16)28-15-6-4-3-5-7-15;1-12-9-16(23-6-5-20-18(24)17(12)23)15-10-13(22-29(2,25)26)11-21-19(15)28-14-3-7-27-8-4-14;1-11-7-15(22-6-5-19-17(23)16(11)22)14-8-13(21-27(2,24)25)9-20-18(14)26-10-12-3-4-12/h3-4,11-12,16H,5-10,13H2,1-2H3,(H,22,24);3-10,25H,1-2H3,(H,23,27);3-12,23H,1-2H3,(H,21,25);5-6,9-11,14,22H,3-4,7-8H2,1-2H3,(H,20,24);5-9,12,21H,3-4,10H2,1-2H3,(H,19,23). The summed E-state index contributed by atoms with van der Waals surface area (Å²) in [6, 6.07) is 33.2. The van der Waals surface area contributed by atoms with Crippen LogP contribution in [0.3, 0.4) is 0 Å². The normalized spacial score (nSPS) is 14.1. The molecule has 40 nitrogen and oxygen atoms in total. The summed E-state index contributed by atoms with van der Waals surface area (Å²) < 4.78 is 203. The van der Waals surface area contributed by atoms with E-state index in [1.54, 1.807) is 110 Å². The molecule has 0 unspecified atom stereocenters. The number of aromatic amines is 4. The van der Waals surface area contributed by atoms with Crippen molar-refractivity contribution in [1.82, 2.24) is 67.4 Å². The molecule has 9 N–H and O–H groups in total. The third kappa shape index (κ3) is 25.3. The Labute approximate surface area is 829 Å². The number of sulfonamides is 4. The van der Waals surface area contributed by atoms with Crippen LogP contribution < -0.4 is 70.1 Å². The molecule has 1 amide bonds. The summed E-state index contributed by atoms with van der Waals surface area (Å²) in [6.07, 6.45) is 29.3. The minimum absolute atomic E-state index is 0.0371. The molecule has 16 heterocycles. The van der Waals surface area contributed by atoms with Gasteiger partial charge in [-0.15, -0.1) is 0 Å². The van der Waals surface area contributed by atoms with Crippen LogP contribution in [0.5, 0.6) is 40.8 Å². The molecule has 0 atom stereocenters. The summed E-state index contributed by atoms with van der Waals surface area (Å²) in [5.41, 5.74) is 13.6. The molecule has 3 aromatic carbocycles. The van der Waals surface area contributed by atoms with E-state index in [0.29, 0.717) is 177 Å². The Balaban J connectivity index is 0.000000130. The number of sulfone groups is 1. The van der Waals surface area contributed by atoms with Crippen molar-refractivity contribution in [3.8, 4) is 97.1 Å². The largest absolute Gasteiger partial charge is 0.490 e. The molecule has 3 aliphatic heterocycles. The zero-order chi connectivity index (χ0) is 103. The number of nitrogens with zero attached hydrogens (tertiary/aromatic N) is 9. The fourth-order valence-corrected chi connectivity index (χ4v) is 19.9. The van der Waals surface area contributed by atoms with E-state index in [1.165, 1.54) is 43.3 Å². The fraction of sp³-hybridized carbons (Fsp3) is 0.276. The summed E-state index contributed by atoms with van der Waals surface area (Å²) in [5.74, 6) is 0.772. The Bertz CT molecular complexity index is 8540. The summed E-state index contributed by atoms with van der Waals surface area (Å²) in [6.45, 7) is 13.6. The number of aromatic nitrogens is 13. The molecule has 4 aliphatic rings. The predicted octanol–water partition coefficient (Wildman–Crippen LogP) is 13.0. The van der Waals surface area contributed by atoms with Crippen molar-refractivity contribution >= 4 is 101 Å². The monoisotopic (exact) mass is 2080 g/mol. The highest BCUT2D eigenvalue weighted by Gasteiger charge is 2.31. The number of benzene rings is 3. The third-order valence-electron chi connectivity index (χ3n) is 23.2. The molecular formula is C98H102F2N18O22S5. The van der Waals surface area contributed by atoms with Crippen molar-refractivity contribution in [1.29, 1.82) is 0 Å². The van der Waals surface area contributed by atoms with Crippen LogP contribution in [0.15, 0.2) is 215 Å². The lowest BCUT2D eigenvalue weighted by Gasteiger charge is -2.25. The molecule has 3 fully saturated rings. The number of fused-ring (bicyclic) bond motifs is 5. The van der Waals surface area contributed by atoms with Crippen molar-refractivity contribution in [2.24, 2.45) is 5.92 Å². The quantitative estimate of drug-likeness (QED) is 0.0243. The second-order valence-electron chi connectivity index (χ2n) is 35.3. The van der Waals surface area contributed by atoms with Crippen molar-refractivity contribution in [2.75, 3.05) is 89.7 Å². The number of hydrogen-bond acceptors (Lipinski definition) is 26. The van der Waals surface area contributed by atoms with E-state index < -0.39 is 61.6 Å². The zero-order valence-electron chi connectivity index (χ0n) is 79.9. The number of ether oxygens (including phenoxy) is 7. The summed E-state index contributed by atoms with van der Waals surface area (Å²) in [7, 11) is -17.2. The average Bonchev–Trinajstić information content (AvgIpc) is 1.65. The van der Waals surface area contributed by atoms with Gasteiger partial charge in [-0.1, -0.05) is 24.3 Å². The Morgan fingerprint density at radius 1 is 0.414 bits per heavy atom. The van der Waals surface area contributed by atoms with Crippen molar-refractivity contribution in [2.45, 2.75) is 97.6 Å². The molecule has 0 bridgehead atoms. The number of aryl methyl sites for hydroxylation is 5. The molecular weight excluding hydrogens is 1980 g/mol. The minimum Gasteiger partial charge on any atom is -0.490 e. The molecule has 0 radical (unpaired) electrons. The predicted molar refractivity (Wildman–Crippen MR) is 543 cm³/mol. The lowest BCUT2D eigenvalue weighted by atomic mass is 10.1. The van der Waals surface area contributed by atoms with Gasteiger partial charge in [-0.3, -0.25) is 42.9 Å². The smallest absolute Gasteiger partial charge is 0.272 e. The van der Waals surface area contributed by atoms with Crippen LogP contribution >= 0.6 is 0 Å². The number of rotatable bonds is 26. The molecule has 2 saturated heterocycles. The molecule has 760 valence electrons. The number of amides is 1. The second kappa shape index (κ2) is 42.7. The topological polar surface area (TPSA) is 518 Å². The molecule has 13 aromatic heterocycles. The number of anilines is 4. The van der Waals surface area contributed by atoms with E-state index in [2.05, 4.69) is 64.1 Å². The number of carbonyl (C=O) groups excluding carboxylic acids is 1. The fourth-order valence-electron chi connectivity index (χ4n) is 17.0. The van der Waals surface area contributed by atoms with Gasteiger partial charge in [0.15, 0.2) is 21.4 Å². The molecule has 47 heteroatoms. The van der Waals surface area contributed by atoms with Crippen molar-refractivity contribution in [3.05, 3.63) is 288 Å². The lowest BCUT2D eigenvalue weighted by Crippen LogP contribution is -2.35. The maximum absolute atomic E-state index is 14.1. The number of H-pyrrole nitrogens is 4. The summed E-state index contributed by atoms with van der Waals surface area (Å²) >= 11 is 0. The first kappa shape index (κ1) is 103. The molecule has 1 aliphatic carbocycles. The third-order valence-corrected chi connectivity index (χ3v) is 26.5. The Kier molecular flexibility index (Phi) is 30.2. The van der Waals surface area contributed by atoms with Gasteiger partial charge in [0.2, 0.25) is 63.6 Å². The molecule has 0 spiro atoms. The molecule has 1 saturated carbocycles. The van der Waals surface area contributed by atoms with E-state index >= 15 is 0 Å². The maximum atomic E-state index is 14.1. The number of hydrogen-bond donors (Lipinski definition) is 9. The van der Waals surface area contributed by atoms with Crippen molar-refractivity contribution < 1.29 is 88.8 Å². The maximum Gasteiger partial charge on any atom is 0.272 e. The van der Waals surface area contributed by atoms with E-state index in [1.807, 2.05) is 86.9 Å². The van der Waals surface area contributed by atoms with Crippen molar-refractivity contribution in [3.63, 3.8) is 0 Å². The van der Waals surface area contributed by atoms with E-state index in [-0.39, 0.29) is 74.9 Å². The first-order valence-electron chi connectivity index (χ1n) is 45.4. The first-order chi connectivity index (χ1) is 68.9. The number of para-hydroxylation sites is 1. The Morgan fingerprint density at radius 3 is 1.21 bits per heavy atom. The second-order valence-corrected chi connectivity index (χ2v) is 44.4. The van der Waals surface area contributed by atoms with Gasteiger partial charge in [0, 0.05) is 106 Å². The van der Waals surface area contributed by atoms with Gasteiger partial charge < -0.3 is 80.6 Å². The van der Waals surface area contributed by atoms with Crippen LogP contribution in [0, 0.1) is 52.2 Å². The van der Waals surface area contributed by atoms with Gasteiger partial charge in [-0.05, 0) is 178 Å². The highest BCUT2D eigenvalue weighted by molar-refractivity contribution is 7.92. The Hall–Kier alpha value is -15.3. The highest BCUT2D eigenvalue weighted by Crippen LogP contribution is 2.43. The van der Waals surface area contributed by atoms with Gasteiger partial charge in [-0.25, -0.2) is 70.8 Å². The van der Waals surface area contributed by atoms with E-state index in [0.717, 1.165) is 109 Å². The zero-order valence-corrected chi connectivity index (χ0v) is 84.0. The SMILES string of the molecule is Cc1cc(-c2cc(CS(C)(=O)=O)ccc2OC2CCOCC2)n2c1C(=O)NCC2.Cc1cc(-c2cc(NS(C)(=O)=O)cnc2OC2CCOCC2)n2cc[nH]c(=O)c12.Cc1cc(-c2cc(NS(C)(=O)=O)cnc2OCC2CC2)n2cc[nH]c(=O)c12.Cc1cc(-c2cc(NS(C)(=O)=O)cnc2Oc2ccc(F)cc2F)n2cc[nH]c(=O)c12.Cc1cc(-c2cc(NS(C)(=O)=O)cnc2Oc2ccccc2)n2cc[nH]c(=O)c12. The van der Waals surface area contributed by atoms with Crippen LogP contribution in [0.25, 0.3) is 78.4 Å². The van der Waals surface area contributed by atoms with E-state index in [9.17, 15) is 74.8 Å². The van der Waals surface area contributed by atoms with Gasteiger partial charge in [0.05, 0.1) is 162 Å². The minimum atomic E-state index is -3.60. The number of halogens is 2. The molecule has 20 rings (SSSR count). The summed E-state index contributed by atoms with van der Waals surface area (Å²) in [4.78, 5) is 89.1.